The number of aromatic amines is 1. The van der Waals surface area contributed by atoms with Gasteiger partial charge < -0.3 is 68.4 Å². The first-order chi connectivity index (χ1) is 17.0. The van der Waals surface area contributed by atoms with Gasteiger partial charge in [-0.2, -0.15) is 4.31 Å². The maximum absolute atomic E-state index is 12.2. The first-order valence-electron chi connectivity index (χ1n) is 9.98. The largest absolute Gasteiger partial charge is 0.483 e. The molecule has 2 unspecified atom stereocenters. The van der Waals surface area contributed by atoms with E-state index >= 15 is 0 Å². The molecule has 0 amide bonds. The fraction of sp³-hybridized carbons (Fsp3) is 0.667. The Morgan fingerprint density at radius 2 is 1.52 bits per heavy atom. The van der Waals surface area contributed by atoms with Crippen molar-refractivity contribution in [1.29, 1.82) is 0 Å². The molecule has 0 bridgehead atoms. The lowest BCUT2D eigenvalue weighted by Gasteiger charge is -2.38. The molecule has 11 atom stereocenters. The van der Waals surface area contributed by atoms with Crippen molar-refractivity contribution in [3.05, 3.63) is 33.1 Å². The molecule has 2 aliphatic heterocycles. The number of aromatic nitrogens is 2. The Morgan fingerprint density at radius 3 is 2.08 bits per heavy atom. The molecule has 3 rings (SSSR count). The van der Waals surface area contributed by atoms with E-state index in [9.17, 15) is 58.8 Å². The molecule has 23 nitrogen and oxygen atoms in total. The number of hydrogen-bond donors (Lipinski definition) is 12. The first kappa shape index (κ1) is 38.0. The molecule has 0 radical (unpaired) electrons. The van der Waals surface area contributed by atoms with E-state index in [1.165, 1.54) is 0 Å². The maximum Gasteiger partial charge on any atom is 0.483 e. The van der Waals surface area contributed by atoms with Gasteiger partial charge in [-0.1, -0.05) is 0 Å². The summed E-state index contributed by atoms with van der Waals surface area (Å²) in [4.78, 5) is 55.5. The molecule has 0 saturated carbocycles. The molecule has 18 N–H and O–H groups in total. The average Bonchev–Trinajstić information content (AvgIpc) is 3.05. The maximum atomic E-state index is 12.2. The van der Waals surface area contributed by atoms with Crippen LogP contribution in [0.5, 0.6) is 0 Å². The van der Waals surface area contributed by atoms with Crippen molar-refractivity contribution in [2.75, 3.05) is 6.61 Å². The van der Waals surface area contributed by atoms with Gasteiger partial charge in [-0.15, -0.1) is 0 Å². The quantitative estimate of drug-likeness (QED) is 0.114. The molecule has 0 aliphatic carbocycles. The molecule has 1 aromatic heterocycles. The lowest BCUT2D eigenvalue weighted by molar-refractivity contribution is -0.274. The molecule has 0 spiro atoms. The van der Waals surface area contributed by atoms with E-state index in [0.29, 0.717) is 4.57 Å². The number of H-pyrrole nitrogens is 1. The number of aliphatic hydroxyl groups is 5. The highest BCUT2D eigenvalue weighted by Gasteiger charge is 2.51. The van der Waals surface area contributed by atoms with Crippen LogP contribution in [0.1, 0.15) is 6.23 Å². The number of carboxylic acid groups (broad SMARTS) is 1. The van der Waals surface area contributed by atoms with Gasteiger partial charge in [0.2, 0.25) is 0 Å². The second kappa shape index (κ2) is 14.3. The third kappa shape index (κ3) is 8.51. The van der Waals surface area contributed by atoms with Crippen LogP contribution in [-0.4, -0.2) is 112 Å². The minimum absolute atomic E-state index is 0. The summed E-state index contributed by atoms with van der Waals surface area (Å²) in [5.74, 6) is -1.85. The van der Waals surface area contributed by atoms with Crippen LogP contribution in [0.4, 0.5) is 0 Å². The van der Waals surface area contributed by atoms with Crippen LogP contribution in [0.25, 0.3) is 0 Å². The normalized spacial score (nSPS) is 34.7. The third-order valence-corrected chi connectivity index (χ3v) is 7.72. The Labute approximate surface area is 222 Å². The van der Waals surface area contributed by atoms with Gasteiger partial charge in [-0.25, -0.2) is 18.7 Å². The van der Waals surface area contributed by atoms with Gasteiger partial charge in [0.05, 0.1) is 6.61 Å². The summed E-state index contributed by atoms with van der Waals surface area (Å²) in [6, 6.07) is 0.910. The minimum Gasteiger partial charge on any atom is -0.479 e. The topological polar surface area (TPSA) is 419 Å². The lowest BCUT2D eigenvalue weighted by atomic mass is 9.99. The Hall–Kier alpha value is -1.99. The summed E-state index contributed by atoms with van der Waals surface area (Å²) in [5, 5.41) is 58.3. The van der Waals surface area contributed by atoms with E-state index < -0.39 is 94.7 Å². The number of nitrogens with zero attached hydrogens (tertiary/aromatic N) is 1. The van der Waals surface area contributed by atoms with Gasteiger partial charge in [-0.3, -0.25) is 23.4 Å². The predicted molar refractivity (Wildman–Crippen MR) is 124 cm³/mol. The number of carbonyl (C=O) groups is 1. The fourth-order valence-corrected chi connectivity index (χ4v) is 5.49. The zero-order chi connectivity index (χ0) is 27.9. The molecule has 2 fully saturated rings. The number of hydrogen-bond acceptors (Lipinski definition) is 18. The highest BCUT2D eigenvalue weighted by atomic mass is 31.3. The van der Waals surface area contributed by atoms with Gasteiger partial charge in [0.1, 0.15) is 36.6 Å². The van der Waals surface area contributed by atoms with Crippen molar-refractivity contribution in [2.45, 2.75) is 55.2 Å². The third-order valence-electron chi connectivity index (χ3n) is 5.12. The van der Waals surface area contributed by atoms with Crippen LogP contribution in [0, 0.1) is 0 Å². The van der Waals surface area contributed by atoms with Crippen molar-refractivity contribution in [1.82, 2.24) is 28.0 Å². The summed E-state index contributed by atoms with van der Waals surface area (Å²) in [6.45, 7) is -1.07. The molecule has 0 aromatic carbocycles. The number of rotatable bonds is 9. The molecule has 3 heterocycles. The highest BCUT2D eigenvalue weighted by molar-refractivity contribution is 7.61. The van der Waals surface area contributed by atoms with Crippen molar-refractivity contribution >= 4 is 21.6 Å². The zero-order valence-corrected chi connectivity index (χ0v) is 22.0. The fourth-order valence-electron chi connectivity index (χ4n) is 3.34. The van der Waals surface area contributed by atoms with Crippen LogP contribution < -0.4 is 29.7 Å². The number of phosphoric acid groups is 2. The van der Waals surface area contributed by atoms with E-state index in [0.717, 1.165) is 12.3 Å². The molecule has 40 heavy (non-hydrogen) atoms. The summed E-state index contributed by atoms with van der Waals surface area (Å²) in [7, 11) is -11.3. The zero-order valence-electron chi connectivity index (χ0n) is 20.2. The van der Waals surface area contributed by atoms with Crippen molar-refractivity contribution in [3.8, 4) is 0 Å². The summed E-state index contributed by atoms with van der Waals surface area (Å²) in [6.07, 6.45) is -17.2. The molecule has 2 aliphatic rings. The summed E-state index contributed by atoms with van der Waals surface area (Å²) < 4.78 is 47.6. The second-order valence-corrected chi connectivity index (χ2v) is 10.7. The number of carboxylic acids is 1. The SMILES string of the molecule is N.N.N.O=C(O)[C@H]1O[C@H](OP(=O)(O)OP(=O)(O)OC[C@H]2O[C@@H]([15n]3ccc(=O)[15nH][13c]3=O)[C@H](O)[C@@H]2O)[C@H](O)[C@@H](O)[C@@H]1O. The molecule has 2 saturated heterocycles. The smallest absolute Gasteiger partial charge is 0.479 e. The first-order valence-corrected chi connectivity index (χ1v) is 13.0. The second-order valence-electron chi connectivity index (χ2n) is 7.72. The number of aliphatic carboxylic acids is 1. The average molecular weight is 634 g/mol. The highest BCUT2D eigenvalue weighted by Crippen LogP contribution is 2.61. The van der Waals surface area contributed by atoms with Crippen LogP contribution >= 0.6 is 15.6 Å². The Bertz CT molecular complexity index is 1210. The molecular formula is C15H31N5O18P2. The van der Waals surface area contributed by atoms with Crippen LogP contribution in [-0.2, 0) is 36.8 Å². The predicted octanol–water partition coefficient (Wildman–Crippen LogP) is -4.22. The van der Waals surface area contributed by atoms with Gasteiger partial charge in [0.15, 0.2) is 18.6 Å². The number of nitrogens with one attached hydrogen (secondary N) is 1. The molecule has 25 heteroatoms. The van der Waals surface area contributed by atoms with Crippen molar-refractivity contribution in [3.63, 3.8) is 0 Å². The molecule has 1 aromatic rings. The van der Waals surface area contributed by atoms with Crippen molar-refractivity contribution in [2.24, 2.45) is 0 Å². The van der Waals surface area contributed by atoms with Crippen LogP contribution in [0.15, 0.2) is 21.9 Å². The van der Waals surface area contributed by atoms with Crippen LogP contribution in [0.2, 0.25) is 0 Å². The van der Waals surface area contributed by atoms with E-state index in [4.69, 9.17) is 9.84 Å². The molecule has 234 valence electrons. The number of ether oxygens (including phenoxy) is 2. The van der Waals surface area contributed by atoms with E-state index in [1.807, 2.05) is 4.98 Å². The Morgan fingerprint density at radius 1 is 0.925 bits per heavy atom. The van der Waals surface area contributed by atoms with Gasteiger partial charge in [0, 0.05) is 12.3 Å². The summed E-state index contributed by atoms with van der Waals surface area (Å²) in [5.41, 5.74) is -1.78. The van der Waals surface area contributed by atoms with Gasteiger partial charge in [0.25, 0.3) is 5.56 Å². The van der Waals surface area contributed by atoms with Crippen molar-refractivity contribution < 1.29 is 77.2 Å². The Balaban J connectivity index is 0.00000507. The summed E-state index contributed by atoms with van der Waals surface area (Å²) >= 11 is 0. The molecular weight excluding hydrogens is 603 g/mol. The number of phosphoric ester groups is 2. The standard InChI is InChI=1S/C15H22N2O18P2.3H3N/c18-5-1-2-17(15(26)16-5)12-9(22)6(19)4(32-12)3-31-36(27,28)35-37(29,30)34-14-10(23)7(20)8(21)11(33-14)13(24)25;;;/h1-2,4,6-12,14,19-23H,3H2,(H,24,25)(H,27,28)(H,29,30)(H,16,18,26);3*1H3/t4-,6-,7+,8+,9-,10-,11+,12-,14-;;;/m1.../s1/i15+1,16+1,17+1;;;. The minimum atomic E-state index is -5.72. The van der Waals surface area contributed by atoms with Gasteiger partial charge in [-0.05, 0) is 0 Å². The van der Waals surface area contributed by atoms with E-state index in [2.05, 4.69) is 18.1 Å². The number of aliphatic hydroxyl groups excluding tert-OH is 5. The monoisotopic (exact) mass is 634 g/mol. The Kier molecular flexibility index (Phi) is 13.6. The van der Waals surface area contributed by atoms with Crippen LogP contribution in [0.3, 0.4) is 0 Å². The van der Waals surface area contributed by atoms with E-state index in [-0.39, 0.29) is 18.5 Å². The van der Waals surface area contributed by atoms with Gasteiger partial charge >= 0.3 is 27.3 Å². The van der Waals surface area contributed by atoms with E-state index in [1.54, 1.807) is 0 Å². The lowest BCUT2D eigenvalue weighted by Crippen LogP contribution is -2.60.